The largest absolute Gasteiger partial charge is 0.497 e. The van der Waals surface area contributed by atoms with E-state index in [2.05, 4.69) is 10.3 Å². The molecule has 1 aliphatic rings. The summed E-state index contributed by atoms with van der Waals surface area (Å²) in [5.74, 6) is -0.440. The monoisotopic (exact) mass is 455 g/mol. The molecule has 9 nitrogen and oxygen atoms in total. The summed E-state index contributed by atoms with van der Waals surface area (Å²) in [6.07, 6.45) is 1.58. The number of thiazole rings is 1. The van der Waals surface area contributed by atoms with E-state index in [0.717, 1.165) is 11.3 Å². The Morgan fingerprint density at radius 3 is 2.81 bits per heavy atom. The van der Waals surface area contributed by atoms with Crippen LogP contribution in [0.1, 0.15) is 12.2 Å². The number of furan rings is 1. The fourth-order valence-electron chi connectivity index (χ4n) is 3.31. The molecule has 1 N–H and O–H groups in total. The lowest BCUT2D eigenvalue weighted by Crippen LogP contribution is -2.28. The number of ether oxygens (including phenoxy) is 2. The van der Waals surface area contributed by atoms with E-state index in [1.807, 2.05) is 29.6 Å². The van der Waals surface area contributed by atoms with Gasteiger partial charge in [0.1, 0.15) is 11.5 Å². The van der Waals surface area contributed by atoms with Gasteiger partial charge in [-0.25, -0.2) is 4.98 Å². The van der Waals surface area contributed by atoms with Crippen LogP contribution < -0.4 is 10.1 Å². The smallest absolute Gasteiger partial charge is 0.311 e. The second kappa shape index (κ2) is 9.65. The van der Waals surface area contributed by atoms with E-state index in [-0.39, 0.29) is 18.9 Å². The summed E-state index contributed by atoms with van der Waals surface area (Å²) in [4.78, 5) is 42.5. The summed E-state index contributed by atoms with van der Waals surface area (Å²) >= 11 is 1.27. The molecule has 3 aromatic rings. The van der Waals surface area contributed by atoms with E-state index in [0.29, 0.717) is 23.1 Å². The quantitative estimate of drug-likeness (QED) is 0.520. The first-order chi connectivity index (χ1) is 15.5. The normalized spacial score (nSPS) is 15.6. The lowest BCUT2D eigenvalue weighted by molar-refractivity contribution is -0.151. The Labute approximate surface area is 187 Å². The van der Waals surface area contributed by atoms with E-state index in [9.17, 15) is 14.4 Å². The Morgan fingerprint density at radius 1 is 1.28 bits per heavy atom. The number of esters is 1. The van der Waals surface area contributed by atoms with Crippen molar-refractivity contribution in [1.82, 2.24) is 9.88 Å². The van der Waals surface area contributed by atoms with Crippen LogP contribution in [0.2, 0.25) is 0 Å². The SMILES string of the molecule is COc1ccc(-c2csc(NC(=O)COC(=O)C3CC(=O)N(Cc4ccco4)C3)n2)cc1. The maximum Gasteiger partial charge on any atom is 0.311 e. The molecule has 1 atom stereocenters. The van der Waals surface area contributed by atoms with Crippen molar-refractivity contribution >= 4 is 34.3 Å². The zero-order chi connectivity index (χ0) is 22.5. The van der Waals surface area contributed by atoms with Gasteiger partial charge in [0.15, 0.2) is 11.7 Å². The number of nitrogens with zero attached hydrogens (tertiary/aromatic N) is 2. The molecule has 32 heavy (non-hydrogen) atoms. The molecular weight excluding hydrogens is 434 g/mol. The Kier molecular flexibility index (Phi) is 6.50. The summed E-state index contributed by atoms with van der Waals surface area (Å²) in [7, 11) is 1.60. The lowest BCUT2D eigenvalue weighted by Gasteiger charge is -2.14. The Balaban J connectivity index is 1.24. The topological polar surface area (TPSA) is 111 Å². The van der Waals surface area contributed by atoms with Crippen molar-refractivity contribution in [2.45, 2.75) is 13.0 Å². The molecule has 1 saturated heterocycles. The standard InChI is InChI=1S/C22H21N3O6S/c1-29-16-6-4-14(5-7-16)18-13-32-22(23-18)24-19(26)12-31-21(28)15-9-20(27)25(10-15)11-17-3-2-8-30-17/h2-8,13,15H,9-12H2,1H3,(H,23,24,26). The van der Waals surface area contributed by atoms with Crippen LogP contribution in [0.15, 0.2) is 52.5 Å². The highest BCUT2D eigenvalue weighted by molar-refractivity contribution is 7.14. The molecule has 0 aliphatic carbocycles. The Hall–Kier alpha value is -3.66. The minimum absolute atomic E-state index is 0.0544. The number of nitrogens with one attached hydrogen (secondary N) is 1. The van der Waals surface area contributed by atoms with Gasteiger partial charge in [-0.3, -0.25) is 19.7 Å². The van der Waals surface area contributed by atoms with Crippen molar-refractivity contribution in [2.75, 3.05) is 25.6 Å². The zero-order valence-electron chi connectivity index (χ0n) is 17.3. The van der Waals surface area contributed by atoms with Crippen molar-refractivity contribution in [3.63, 3.8) is 0 Å². The molecule has 2 aromatic heterocycles. The van der Waals surface area contributed by atoms with E-state index in [1.54, 1.807) is 24.1 Å². The molecule has 2 amide bonds. The molecule has 4 rings (SSSR count). The van der Waals surface area contributed by atoms with Crippen LogP contribution in [-0.4, -0.2) is 47.9 Å². The van der Waals surface area contributed by atoms with Crippen molar-refractivity contribution in [3.05, 3.63) is 53.8 Å². The van der Waals surface area contributed by atoms with E-state index in [4.69, 9.17) is 13.9 Å². The Bertz CT molecular complexity index is 1090. The van der Waals surface area contributed by atoms with Crippen molar-refractivity contribution in [3.8, 4) is 17.0 Å². The molecule has 0 bridgehead atoms. The van der Waals surface area contributed by atoms with Crippen molar-refractivity contribution in [2.24, 2.45) is 5.92 Å². The fraction of sp³-hybridized carbons (Fsp3) is 0.273. The summed E-state index contributed by atoms with van der Waals surface area (Å²) in [6.45, 7) is 0.0908. The lowest BCUT2D eigenvalue weighted by atomic mass is 10.1. The third kappa shape index (κ3) is 5.14. The predicted octanol–water partition coefficient (Wildman–Crippen LogP) is 2.94. The Morgan fingerprint density at radius 2 is 2.09 bits per heavy atom. The molecule has 1 fully saturated rings. The van der Waals surface area contributed by atoms with Gasteiger partial charge in [0.05, 0.1) is 31.5 Å². The number of hydrogen-bond acceptors (Lipinski definition) is 8. The number of anilines is 1. The first-order valence-electron chi connectivity index (χ1n) is 9.88. The molecular formula is C22H21N3O6S. The highest BCUT2D eigenvalue weighted by Crippen LogP contribution is 2.26. The molecule has 1 aliphatic heterocycles. The van der Waals surface area contributed by atoms with Gasteiger partial charge in [-0.2, -0.15) is 0 Å². The van der Waals surface area contributed by atoms with Gasteiger partial charge in [-0.1, -0.05) is 0 Å². The van der Waals surface area contributed by atoms with E-state index < -0.39 is 24.4 Å². The average Bonchev–Trinajstić information content (AvgIpc) is 3.55. The van der Waals surface area contributed by atoms with Crippen LogP contribution in [0.3, 0.4) is 0 Å². The number of likely N-dealkylation sites (tertiary alicyclic amines) is 1. The number of carbonyl (C=O) groups is 3. The van der Waals surface area contributed by atoms with Crippen LogP contribution in [0.4, 0.5) is 5.13 Å². The molecule has 10 heteroatoms. The maximum absolute atomic E-state index is 12.3. The third-order valence-corrected chi connectivity index (χ3v) is 5.71. The van der Waals surface area contributed by atoms with Gasteiger partial charge in [0.2, 0.25) is 5.91 Å². The molecule has 0 spiro atoms. The maximum atomic E-state index is 12.3. The first-order valence-corrected chi connectivity index (χ1v) is 10.8. The van der Waals surface area contributed by atoms with Gasteiger partial charge in [-0.15, -0.1) is 11.3 Å². The van der Waals surface area contributed by atoms with E-state index >= 15 is 0 Å². The molecule has 0 radical (unpaired) electrons. The molecule has 3 heterocycles. The van der Waals surface area contributed by atoms with Crippen molar-refractivity contribution < 1.29 is 28.3 Å². The van der Waals surface area contributed by atoms with Crippen molar-refractivity contribution in [1.29, 1.82) is 0 Å². The molecule has 0 saturated carbocycles. The number of carbonyl (C=O) groups excluding carboxylic acids is 3. The van der Waals surface area contributed by atoms with Gasteiger partial charge >= 0.3 is 5.97 Å². The predicted molar refractivity (Wildman–Crippen MR) is 116 cm³/mol. The molecule has 166 valence electrons. The zero-order valence-corrected chi connectivity index (χ0v) is 18.1. The summed E-state index contributed by atoms with van der Waals surface area (Å²) in [5.41, 5.74) is 1.60. The second-order valence-electron chi connectivity index (χ2n) is 7.18. The summed E-state index contributed by atoms with van der Waals surface area (Å²) in [6, 6.07) is 10.9. The molecule has 1 aromatic carbocycles. The summed E-state index contributed by atoms with van der Waals surface area (Å²) < 4.78 is 15.5. The van der Waals surface area contributed by atoms with Crippen LogP contribution in [-0.2, 0) is 25.7 Å². The third-order valence-electron chi connectivity index (χ3n) is 4.96. The number of rotatable bonds is 8. The first kappa shape index (κ1) is 21.6. The van der Waals surface area contributed by atoms with Gasteiger partial charge in [0, 0.05) is 23.9 Å². The average molecular weight is 455 g/mol. The number of aromatic nitrogens is 1. The number of hydrogen-bond donors (Lipinski definition) is 1. The van der Waals surface area contributed by atoms with Crippen LogP contribution >= 0.6 is 11.3 Å². The number of amides is 2. The van der Waals surface area contributed by atoms with Gasteiger partial charge in [-0.05, 0) is 36.4 Å². The minimum Gasteiger partial charge on any atom is -0.497 e. The fourth-order valence-corrected chi connectivity index (χ4v) is 4.04. The molecule has 1 unspecified atom stereocenters. The van der Waals surface area contributed by atoms with Crippen LogP contribution in [0.5, 0.6) is 5.75 Å². The van der Waals surface area contributed by atoms with Gasteiger partial charge < -0.3 is 18.8 Å². The van der Waals surface area contributed by atoms with Gasteiger partial charge in [0.25, 0.3) is 5.91 Å². The number of benzene rings is 1. The van der Waals surface area contributed by atoms with Crippen LogP contribution in [0.25, 0.3) is 11.3 Å². The number of methoxy groups -OCH3 is 1. The highest BCUT2D eigenvalue weighted by atomic mass is 32.1. The van der Waals surface area contributed by atoms with E-state index in [1.165, 1.54) is 17.6 Å². The second-order valence-corrected chi connectivity index (χ2v) is 8.04. The highest BCUT2D eigenvalue weighted by Gasteiger charge is 2.35. The van der Waals surface area contributed by atoms with Crippen LogP contribution in [0, 0.1) is 5.92 Å². The summed E-state index contributed by atoms with van der Waals surface area (Å²) in [5, 5.41) is 4.85. The minimum atomic E-state index is -0.605.